The van der Waals surface area contributed by atoms with Crippen molar-refractivity contribution in [2.45, 2.75) is 19.9 Å². The molecule has 0 fully saturated rings. The van der Waals surface area contributed by atoms with Crippen molar-refractivity contribution in [3.63, 3.8) is 0 Å². The molecule has 1 heterocycles. The van der Waals surface area contributed by atoms with E-state index in [4.69, 9.17) is 9.15 Å². The number of ether oxygens (including phenoxy) is 1. The quantitative estimate of drug-likeness (QED) is 0.366. The number of aromatic nitrogens is 1. The van der Waals surface area contributed by atoms with Crippen LogP contribution in [0, 0.1) is 17.0 Å². The molecule has 10 heteroatoms. The number of oxazole rings is 1. The van der Waals surface area contributed by atoms with Crippen molar-refractivity contribution in [1.82, 2.24) is 4.57 Å². The Hall–Kier alpha value is -3.95. The molecular formula is C19H17N3O7. The number of amides is 1. The Morgan fingerprint density at radius 1 is 1.21 bits per heavy atom. The predicted octanol–water partition coefficient (Wildman–Crippen LogP) is 2.38. The number of nitrogens with zero attached hydrogens (tertiary/aromatic N) is 2. The van der Waals surface area contributed by atoms with Crippen LogP contribution in [0.2, 0.25) is 0 Å². The second kappa shape index (κ2) is 8.38. The number of hydrogen-bond donors (Lipinski definition) is 1. The zero-order valence-electron chi connectivity index (χ0n) is 15.4. The van der Waals surface area contributed by atoms with Crippen molar-refractivity contribution in [3.05, 3.63) is 68.7 Å². The van der Waals surface area contributed by atoms with Crippen LogP contribution in [0.1, 0.15) is 12.0 Å². The van der Waals surface area contributed by atoms with Crippen LogP contribution >= 0.6 is 0 Å². The number of hydrogen-bond acceptors (Lipinski definition) is 7. The van der Waals surface area contributed by atoms with Gasteiger partial charge in [-0.15, -0.1) is 0 Å². The molecule has 3 aromatic rings. The van der Waals surface area contributed by atoms with Crippen LogP contribution in [0.15, 0.2) is 51.7 Å². The Kier molecular flexibility index (Phi) is 5.72. The lowest BCUT2D eigenvalue weighted by Gasteiger charge is -2.09. The van der Waals surface area contributed by atoms with E-state index >= 15 is 0 Å². The largest absolute Gasteiger partial charge is 0.456 e. The van der Waals surface area contributed by atoms with Gasteiger partial charge in [-0.25, -0.2) is 4.79 Å². The zero-order valence-corrected chi connectivity index (χ0v) is 15.4. The van der Waals surface area contributed by atoms with Gasteiger partial charge in [0.05, 0.1) is 16.9 Å². The van der Waals surface area contributed by atoms with Crippen molar-refractivity contribution in [1.29, 1.82) is 0 Å². The van der Waals surface area contributed by atoms with Gasteiger partial charge in [0.25, 0.3) is 11.6 Å². The van der Waals surface area contributed by atoms with Crippen LogP contribution in [-0.4, -0.2) is 28.0 Å². The van der Waals surface area contributed by atoms with Gasteiger partial charge in [-0.1, -0.05) is 24.3 Å². The van der Waals surface area contributed by atoms with Gasteiger partial charge >= 0.3 is 11.7 Å². The second-order valence-corrected chi connectivity index (χ2v) is 6.17. The van der Waals surface area contributed by atoms with Crippen molar-refractivity contribution >= 4 is 34.4 Å². The molecule has 0 saturated heterocycles. The molecule has 1 amide bonds. The number of nitro groups is 1. The molecule has 0 aliphatic heterocycles. The lowest BCUT2D eigenvalue weighted by molar-refractivity contribution is -0.384. The summed E-state index contributed by atoms with van der Waals surface area (Å²) >= 11 is 0. The van der Waals surface area contributed by atoms with Crippen LogP contribution in [0.25, 0.3) is 11.1 Å². The number of rotatable bonds is 7. The van der Waals surface area contributed by atoms with Gasteiger partial charge in [-0.2, -0.15) is 0 Å². The number of anilines is 1. The van der Waals surface area contributed by atoms with Crippen molar-refractivity contribution in [2.24, 2.45) is 0 Å². The predicted molar refractivity (Wildman–Crippen MR) is 103 cm³/mol. The summed E-state index contributed by atoms with van der Waals surface area (Å²) in [7, 11) is 0. The molecule has 0 atom stereocenters. The fourth-order valence-electron chi connectivity index (χ4n) is 2.79. The summed E-state index contributed by atoms with van der Waals surface area (Å²) in [6.45, 7) is 1.03. The van der Waals surface area contributed by atoms with E-state index in [9.17, 15) is 24.5 Å². The number of fused-ring (bicyclic) bond motifs is 1. The molecule has 0 radical (unpaired) electrons. The van der Waals surface area contributed by atoms with E-state index in [0.717, 1.165) is 0 Å². The van der Waals surface area contributed by atoms with E-state index in [1.54, 1.807) is 37.3 Å². The zero-order chi connectivity index (χ0) is 21.0. The van der Waals surface area contributed by atoms with Crippen molar-refractivity contribution < 1.29 is 23.7 Å². The van der Waals surface area contributed by atoms with Crippen molar-refractivity contribution in [2.75, 3.05) is 11.9 Å². The van der Waals surface area contributed by atoms with E-state index in [0.29, 0.717) is 16.7 Å². The molecule has 3 rings (SSSR count). The maximum Gasteiger partial charge on any atom is 0.419 e. The Labute approximate surface area is 163 Å². The Balaban J connectivity index is 1.56. The smallest absolute Gasteiger partial charge is 0.419 e. The molecule has 1 N–H and O–H groups in total. The summed E-state index contributed by atoms with van der Waals surface area (Å²) < 4.78 is 11.3. The minimum absolute atomic E-state index is 0.0273. The number of carbonyl (C=O) groups excluding carboxylic acids is 2. The van der Waals surface area contributed by atoms with Gasteiger partial charge < -0.3 is 14.5 Å². The molecule has 0 saturated carbocycles. The monoisotopic (exact) mass is 399 g/mol. The van der Waals surface area contributed by atoms with E-state index in [2.05, 4.69) is 5.32 Å². The number of carbonyl (C=O) groups is 2. The highest BCUT2D eigenvalue weighted by atomic mass is 16.6. The molecule has 10 nitrogen and oxygen atoms in total. The summed E-state index contributed by atoms with van der Waals surface area (Å²) in [5.41, 5.74) is 1.26. The standard InChI is InChI=1S/C19H17N3O7/c1-12-5-4-7-14(22(26)27)18(12)20-16(23)11-28-17(24)9-10-21-13-6-2-3-8-15(13)29-19(21)25/h2-8H,9-11H2,1H3,(H,20,23). The van der Waals surface area contributed by atoms with Crippen LogP contribution in [0.3, 0.4) is 0 Å². The van der Waals surface area contributed by atoms with Gasteiger partial charge in [0.2, 0.25) is 0 Å². The third-order valence-corrected chi connectivity index (χ3v) is 4.19. The van der Waals surface area contributed by atoms with Gasteiger partial charge in [0, 0.05) is 12.6 Å². The maximum absolute atomic E-state index is 12.0. The van der Waals surface area contributed by atoms with Gasteiger partial charge in [-0.05, 0) is 24.6 Å². The molecular weight excluding hydrogens is 382 g/mol. The molecule has 0 spiro atoms. The van der Waals surface area contributed by atoms with E-state index in [-0.39, 0.29) is 24.3 Å². The summed E-state index contributed by atoms with van der Waals surface area (Å²) in [5.74, 6) is -2.00. The number of nitrogens with one attached hydrogen (secondary N) is 1. The maximum atomic E-state index is 12.0. The van der Waals surface area contributed by atoms with E-state index in [1.165, 1.54) is 16.7 Å². The Morgan fingerprint density at radius 3 is 2.72 bits per heavy atom. The van der Waals surface area contributed by atoms with Crippen LogP contribution in [0.5, 0.6) is 0 Å². The third kappa shape index (κ3) is 4.49. The minimum Gasteiger partial charge on any atom is -0.456 e. The highest BCUT2D eigenvalue weighted by Crippen LogP contribution is 2.27. The SMILES string of the molecule is Cc1cccc([N+](=O)[O-])c1NC(=O)COC(=O)CCn1c(=O)oc2ccccc21. The van der Waals surface area contributed by atoms with Crippen LogP contribution in [-0.2, 0) is 20.9 Å². The van der Waals surface area contributed by atoms with Gasteiger partial charge in [0.15, 0.2) is 12.2 Å². The Bertz CT molecular complexity index is 1150. The molecule has 0 aliphatic carbocycles. The number of aryl methyl sites for hydroxylation is 2. The summed E-state index contributed by atoms with van der Waals surface area (Å²) in [6, 6.07) is 11.2. The highest BCUT2D eigenvalue weighted by molar-refractivity contribution is 5.95. The first-order valence-electron chi connectivity index (χ1n) is 8.64. The molecule has 150 valence electrons. The topological polar surface area (TPSA) is 134 Å². The number of nitro benzene ring substituents is 1. The lowest BCUT2D eigenvalue weighted by atomic mass is 10.1. The first-order valence-corrected chi connectivity index (χ1v) is 8.64. The van der Waals surface area contributed by atoms with Crippen LogP contribution < -0.4 is 11.1 Å². The van der Waals surface area contributed by atoms with Gasteiger partial charge in [-0.3, -0.25) is 24.3 Å². The normalized spacial score (nSPS) is 10.7. The number of benzene rings is 2. The average molecular weight is 399 g/mol. The minimum atomic E-state index is -0.707. The van der Waals surface area contributed by atoms with E-state index < -0.39 is 29.2 Å². The highest BCUT2D eigenvalue weighted by Gasteiger charge is 2.18. The fraction of sp³-hybridized carbons (Fsp3) is 0.211. The first-order chi connectivity index (χ1) is 13.9. The lowest BCUT2D eigenvalue weighted by Crippen LogP contribution is -2.23. The average Bonchev–Trinajstić information content (AvgIpc) is 3.01. The van der Waals surface area contributed by atoms with E-state index in [1.807, 2.05) is 0 Å². The summed E-state index contributed by atoms with van der Waals surface area (Å²) in [6.07, 6.45) is -0.152. The molecule has 0 unspecified atom stereocenters. The van der Waals surface area contributed by atoms with Gasteiger partial charge in [0.1, 0.15) is 5.69 Å². The second-order valence-electron chi connectivity index (χ2n) is 6.17. The first kappa shape index (κ1) is 19.8. The van der Waals surface area contributed by atoms with Crippen LogP contribution in [0.4, 0.5) is 11.4 Å². The van der Waals surface area contributed by atoms with Crippen molar-refractivity contribution in [3.8, 4) is 0 Å². The molecule has 2 aromatic carbocycles. The summed E-state index contributed by atoms with van der Waals surface area (Å²) in [5, 5.41) is 13.5. The molecule has 29 heavy (non-hydrogen) atoms. The summed E-state index contributed by atoms with van der Waals surface area (Å²) in [4.78, 5) is 46.3. The number of para-hydroxylation sites is 3. The fourth-order valence-corrected chi connectivity index (χ4v) is 2.79. The Morgan fingerprint density at radius 2 is 1.97 bits per heavy atom. The number of esters is 1. The molecule has 1 aromatic heterocycles. The molecule has 0 bridgehead atoms. The molecule has 0 aliphatic rings. The third-order valence-electron chi connectivity index (χ3n) is 4.19.